The lowest BCUT2D eigenvalue weighted by Gasteiger charge is -2.21. The number of nitrogens with one attached hydrogen (secondary N) is 1. The Morgan fingerprint density at radius 1 is 1.23 bits per heavy atom. The smallest absolute Gasteiger partial charge is 0.236 e. The van der Waals surface area contributed by atoms with E-state index in [-0.39, 0.29) is 19.2 Å². The summed E-state index contributed by atoms with van der Waals surface area (Å²) >= 11 is 12.2. The Labute approximate surface area is 213 Å². The van der Waals surface area contributed by atoms with E-state index in [1.54, 1.807) is 6.07 Å². The van der Waals surface area contributed by atoms with Crippen molar-refractivity contribution in [2.75, 3.05) is 34.9 Å². The van der Waals surface area contributed by atoms with Crippen LogP contribution in [0.3, 0.4) is 0 Å². The first kappa shape index (κ1) is 24.9. The molecule has 9 nitrogen and oxygen atoms in total. The van der Waals surface area contributed by atoms with E-state index in [4.69, 9.17) is 32.7 Å². The summed E-state index contributed by atoms with van der Waals surface area (Å²) in [5.74, 6) is 1.28. The standard InChI is InChI=1S/C23H21Cl2N5O4S/c1-35(31,32)29-23-27-9-6-15(28-23)14-34-17-4-2-16(3-5-17)30-10-7-18-19(13-26)22(33-11-8-24)20(25)12-21(18)30/h2-6,9,12H,7-8,10-11,14H2,1H3,(H,27,28,29). The van der Waals surface area contributed by atoms with Crippen molar-refractivity contribution in [2.24, 2.45) is 0 Å². The minimum atomic E-state index is -3.47. The molecule has 1 aliphatic rings. The molecule has 12 heteroatoms. The van der Waals surface area contributed by atoms with Crippen LogP contribution in [0.1, 0.15) is 16.8 Å². The number of hydrogen-bond donors (Lipinski definition) is 1. The Hall–Kier alpha value is -3.26. The number of hydrogen-bond acceptors (Lipinski definition) is 8. The highest BCUT2D eigenvalue weighted by atomic mass is 35.5. The molecule has 4 rings (SSSR count). The summed E-state index contributed by atoms with van der Waals surface area (Å²) in [6.45, 7) is 1.10. The molecule has 1 aliphatic heterocycles. The predicted molar refractivity (Wildman–Crippen MR) is 134 cm³/mol. The van der Waals surface area contributed by atoms with Gasteiger partial charge in [-0.15, -0.1) is 11.6 Å². The van der Waals surface area contributed by atoms with E-state index < -0.39 is 10.0 Å². The van der Waals surface area contributed by atoms with Crippen molar-refractivity contribution in [2.45, 2.75) is 13.0 Å². The molecule has 0 atom stereocenters. The molecule has 0 amide bonds. The summed E-state index contributed by atoms with van der Waals surface area (Å²) in [7, 11) is -3.47. The zero-order valence-corrected chi connectivity index (χ0v) is 21.0. The zero-order chi connectivity index (χ0) is 25.0. The van der Waals surface area contributed by atoms with Gasteiger partial charge in [0.2, 0.25) is 16.0 Å². The number of halogens is 2. The van der Waals surface area contributed by atoms with Crippen LogP contribution in [-0.4, -0.2) is 43.7 Å². The fourth-order valence-corrected chi connectivity index (χ4v) is 4.49. The number of rotatable bonds is 9. The van der Waals surface area contributed by atoms with E-state index in [0.29, 0.717) is 46.6 Å². The van der Waals surface area contributed by atoms with Crippen molar-refractivity contribution in [3.05, 3.63) is 64.4 Å². The Morgan fingerprint density at radius 3 is 2.69 bits per heavy atom. The Bertz CT molecular complexity index is 1380. The molecule has 1 aromatic heterocycles. The van der Waals surface area contributed by atoms with E-state index in [1.165, 1.54) is 6.20 Å². The van der Waals surface area contributed by atoms with Crippen LogP contribution in [0.25, 0.3) is 0 Å². The molecule has 0 bridgehead atoms. The average Bonchev–Trinajstić information content (AvgIpc) is 3.24. The Balaban J connectivity index is 1.48. The first-order valence-electron chi connectivity index (χ1n) is 10.5. The highest BCUT2D eigenvalue weighted by Crippen LogP contribution is 2.43. The average molecular weight is 534 g/mol. The minimum Gasteiger partial charge on any atom is -0.489 e. The quantitative estimate of drug-likeness (QED) is 0.405. The molecule has 2 heterocycles. The Morgan fingerprint density at radius 2 is 2.00 bits per heavy atom. The number of sulfonamides is 1. The van der Waals surface area contributed by atoms with Crippen LogP contribution in [-0.2, 0) is 23.1 Å². The molecule has 3 aromatic rings. The topological polar surface area (TPSA) is 117 Å². The van der Waals surface area contributed by atoms with Crippen LogP contribution in [0, 0.1) is 11.3 Å². The summed E-state index contributed by atoms with van der Waals surface area (Å²) in [5.41, 5.74) is 3.64. The molecule has 0 radical (unpaired) electrons. The van der Waals surface area contributed by atoms with E-state index in [2.05, 4.69) is 25.7 Å². The van der Waals surface area contributed by atoms with Gasteiger partial charge in [0.25, 0.3) is 0 Å². The maximum absolute atomic E-state index is 11.4. The highest BCUT2D eigenvalue weighted by molar-refractivity contribution is 7.91. The van der Waals surface area contributed by atoms with Gasteiger partial charge in [0.15, 0.2) is 5.75 Å². The molecule has 0 fully saturated rings. The molecule has 0 saturated heterocycles. The maximum atomic E-state index is 11.4. The predicted octanol–water partition coefficient (Wildman–Crippen LogP) is 4.26. The first-order valence-corrected chi connectivity index (χ1v) is 13.3. The number of aromatic nitrogens is 2. The SMILES string of the molecule is CS(=O)(=O)Nc1nccc(COc2ccc(N3CCc4c3cc(Cl)c(OCCCl)c4C#N)cc2)n1. The number of ether oxygens (including phenoxy) is 2. The molecule has 0 spiro atoms. The van der Waals surface area contributed by atoms with Crippen molar-refractivity contribution >= 4 is 50.5 Å². The van der Waals surface area contributed by atoms with Crippen LogP contribution in [0.4, 0.5) is 17.3 Å². The summed E-state index contributed by atoms with van der Waals surface area (Å²) in [6.07, 6.45) is 3.17. The molecule has 0 unspecified atom stereocenters. The number of benzene rings is 2. The lowest BCUT2D eigenvalue weighted by Crippen LogP contribution is -2.13. The van der Waals surface area contributed by atoms with Gasteiger partial charge in [-0.25, -0.2) is 18.4 Å². The molecule has 2 aromatic carbocycles. The van der Waals surface area contributed by atoms with Crippen LogP contribution in [0.2, 0.25) is 5.02 Å². The third-order valence-electron chi connectivity index (χ3n) is 5.15. The number of nitriles is 1. The van der Waals surface area contributed by atoms with Gasteiger partial charge in [-0.3, -0.25) is 4.72 Å². The summed E-state index contributed by atoms with van der Waals surface area (Å²) in [5, 5.41) is 10.1. The van der Waals surface area contributed by atoms with Crippen molar-refractivity contribution in [1.82, 2.24) is 9.97 Å². The number of fused-ring (bicyclic) bond motifs is 1. The summed E-state index contributed by atoms with van der Waals surface area (Å²) in [4.78, 5) is 10.1. The van der Waals surface area contributed by atoms with Crippen molar-refractivity contribution in [3.8, 4) is 17.6 Å². The lowest BCUT2D eigenvalue weighted by atomic mass is 10.0. The van der Waals surface area contributed by atoms with Gasteiger partial charge in [-0.1, -0.05) is 11.6 Å². The van der Waals surface area contributed by atoms with Gasteiger partial charge >= 0.3 is 0 Å². The van der Waals surface area contributed by atoms with Gasteiger partial charge in [0.1, 0.15) is 30.6 Å². The first-order chi connectivity index (χ1) is 16.8. The fraction of sp³-hybridized carbons (Fsp3) is 0.261. The van der Waals surface area contributed by atoms with Crippen LogP contribution in [0.5, 0.6) is 11.5 Å². The maximum Gasteiger partial charge on any atom is 0.236 e. The lowest BCUT2D eigenvalue weighted by molar-refractivity contribution is 0.301. The Kier molecular flexibility index (Phi) is 7.50. The monoisotopic (exact) mass is 533 g/mol. The fourth-order valence-electron chi connectivity index (χ4n) is 3.73. The molecular weight excluding hydrogens is 513 g/mol. The number of alkyl halides is 1. The summed E-state index contributed by atoms with van der Waals surface area (Å²) in [6, 6.07) is 13.2. The van der Waals surface area contributed by atoms with Gasteiger partial charge < -0.3 is 14.4 Å². The van der Waals surface area contributed by atoms with E-state index in [9.17, 15) is 13.7 Å². The molecule has 0 saturated carbocycles. The molecule has 35 heavy (non-hydrogen) atoms. The molecular formula is C23H21Cl2N5O4S. The van der Waals surface area contributed by atoms with E-state index >= 15 is 0 Å². The number of anilines is 3. The van der Waals surface area contributed by atoms with Crippen molar-refractivity contribution in [1.29, 1.82) is 5.26 Å². The van der Waals surface area contributed by atoms with Crippen molar-refractivity contribution in [3.63, 3.8) is 0 Å². The third kappa shape index (κ3) is 5.88. The minimum absolute atomic E-state index is 0.0109. The highest BCUT2D eigenvalue weighted by Gasteiger charge is 2.27. The molecule has 182 valence electrons. The molecule has 1 N–H and O–H groups in total. The van der Waals surface area contributed by atoms with Crippen LogP contribution in [0.15, 0.2) is 42.6 Å². The largest absolute Gasteiger partial charge is 0.489 e. The molecule has 0 aliphatic carbocycles. The van der Waals surface area contributed by atoms with E-state index in [0.717, 1.165) is 23.2 Å². The zero-order valence-electron chi connectivity index (χ0n) is 18.7. The number of nitrogens with zero attached hydrogens (tertiary/aromatic N) is 4. The van der Waals surface area contributed by atoms with E-state index in [1.807, 2.05) is 30.3 Å². The summed E-state index contributed by atoms with van der Waals surface area (Å²) < 4.78 is 36.4. The van der Waals surface area contributed by atoms with Gasteiger partial charge in [-0.2, -0.15) is 5.26 Å². The second kappa shape index (κ2) is 10.6. The normalized spacial score (nSPS) is 12.7. The third-order valence-corrected chi connectivity index (χ3v) is 6.14. The second-order valence-corrected chi connectivity index (χ2v) is 10.2. The second-order valence-electron chi connectivity index (χ2n) is 7.64. The van der Waals surface area contributed by atoms with Gasteiger partial charge in [0, 0.05) is 24.1 Å². The van der Waals surface area contributed by atoms with Crippen LogP contribution < -0.4 is 19.1 Å². The van der Waals surface area contributed by atoms with Crippen molar-refractivity contribution < 1.29 is 17.9 Å². The van der Waals surface area contributed by atoms with Gasteiger partial charge in [0.05, 0.1) is 22.9 Å². The van der Waals surface area contributed by atoms with Gasteiger partial charge in [-0.05, 0) is 48.4 Å². The van der Waals surface area contributed by atoms with Crippen LogP contribution >= 0.6 is 23.2 Å².